The second kappa shape index (κ2) is 8.15. The summed E-state index contributed by atoms with van der Waals surface area (Å²) in [5.41, 5.74) is 1.84. The fraction of sp³-hybridized carbons (Fsp3) is 0.250. The number of carbonyl (C=O) groups is 1. The lowest BCUT2D eigenvalue weighted by molar-refractivity contribution is -0.129. The summed E-state index contributed by atoms with van der Waals surface area (Å²) < 4.78 is 1.86. The van der Waals surface area contributed by atoms with Gasteiger partial charge in [-0.15, -0.1) is 10.2 Å². The van der Waals surface area contributed by atoms with Crippen LogP contribution in [0.1, 0.15) is 23.7 Å². The van der Waals surface area contributed by atoms with Gasteiger partial charge in [-0.25, -0.2) is 0 Å². The summed E-state index contributed by atoms with van der Waals surface area (Å²) in [5, 5.41) is 9.27. The van der Waals surface area contributed by atoms with Gasteiger partial charge in [0.25, 0.3) is 0 Å². The lowest BCUT2D eigenvalue weighted by Gasteiger charge is -2.23. The summed E-state index contributed by atoms with van der Waals surface area (Å²) in [6, 6.07) is 17.4. The van der Waals surface area contributed by atoms with Crippen LogP contribution in [0.2, 0.25) is 5.02 Å². The van der Waals surface area contributed by atoms with Gasteiger partial charge in [-0.3, -0.25) is 9.36 Å². The van der Waals surface area contributed by atoms with Crippen LogP contribution >= 0.6 is 23.4 Å². The van der Waals surface area contributed by atoms with Crippen molar-refractivity contribution in [3.05, 3.63) is 71.5 Å². The average molecular weight is 399 g/mol. The highest BCUT2D eigenvalue weighted by atomic mass is 35.5. The number of thioether (sulfide) groups is 1. The fourth-order valence-corrected chi connectivity index (χ4v) is 4.50. The van der Waals surface area contributed by atoms with Crippen molar-refractivity contribution in [2.24, 2.45) is 0 Å². The predicted molar refractivity (Wildman–Crippen MR) is 107 cm³/mol. The maximum atomic E-state index is 13.2. The minimum absolute atomic E-state index is 0.129. The first-order valence-electron chi connectivity index (χ1n) is 8.89. The Bertz CT molecular complexity index is 924. The normalized spacial score (nSPS) is 15.1. The molecule has 1 aliphatic rings. The second-order valence-corrected chi connectivity index (χ2v) is 7.91. The molecule has 2 heterocycles. The van der Waals surface area contributed by atoms with Crippen molar-refractivity contribution in [2.45, 2.75) is 23.2 Å². The number of nitrogens with zero attached hydrogens (tertiary/aromatic N) is 4. The Hall–Kier alpha value is -2.31. The maximum Gasteiger partial charge on any atom is 0.240 e. The summed E-state index contributed by atoms with van der Waals surface area (Å²) in [6.07, 6.45) is 3.78. The number of carbonyl (C=O) groups excluding carboxylic acids is 1. The first-order valence-corrected chi connectivity index (χ1v) is 10.1. The first kappa shape index (κ1) is 18.1. The van der Waals surface area contributed by atoms with E-state index in [9.17, 15) is 4.79 Å². The lowest BCUT2D eigenvalue weighted by Crippen LogP contribution is -2.31. The molecule has 0 aliphatic carbocycles. The zero-order valence-corrected chi connectivity index (χ0v) is 16.2. The van der Waals surface area contributed by atoms with E-state index in [2.05, 4.69) is 10.2 Å². The molecule has 1 aliphatic heterocycles. The van der Waals surface area contributed by atoms with E-state index in [1.807, 2.05) is 64.1 Å². The van der Waals surface area contributed by atoms with E-state index in [-0.39, 0.29) is 11.2 Å². The Morgan fingerprint density at radius 2 is 1.85 bits per heavy atom. The van der Waals surface area contributed by atoms with Gasteiger partial charge >= 0.3 is 0 Å². The van der Waals surface area contributed by atoms with Crippen molar-refractivity contribution in [2.75, 3.05) is 13.1 Å². The van der Waals surface area contributed by atoms with Crippen LogP contribution in [0.4, 0.5) is 0 Å². The summed E-state index contributed by atoms with van der Waals surface area (Å²) >= 11 is 7.56. The van der Waals surface area contributed by atoms with Crippen LogP contribution in [-0.2, 0) is 4.79 Å². The lowest BCUT2D eigenvalue weighted by atomic mass is 10.1. The molecule has 1 aromatic heterocycles. The van der Waals surface area contributed by atoms with E-state index in [0.29, 0.717) is 10.2 Å². The van der Waals surface area contributed by atoms with E-state index in [0.717, 1.165) is 37.2 Å². The molecule has 0 N–H and O–H groups in total. The average Bonchev–Trinajstić information content (AvgIpc) is 3.38. The van der Waals surface area contributed by atoms with E-state index in [1.165, 1.54) is 11.8 Å². The van der Waals surface area contributed by atoms with Gasteiger partial charge in [0.1, 0.15) is 11.6 Å². The molecule has 0 unspecified atom stereocenters. The van der Waals surface area contributed by atoms with E-state index in [4.69, 9.17) is 11.6 Å². The zero-order chi connectivity index (χ0) is 18.6. The molecule has 0 spiro atoms. The molecule has 2 aromatic carbocycles. The van der Waals surface area contributed by atoms with Crippen molar-refractivity contribution in [1.29, 1.82) is 0 Å². The number of aromatic nitrogens is 3. The standard InChI is InChI=1S/C20H19ClN4OS/c21-16-9-6-10-17(13-16)25-14-22-23-20(25)27-18(15-7-2-1-3-8-15)19(26)24-11-4-5-12-24/h1-3,6-10,13-14,18H,4-5,11-12H2/t18-/m0/s1. The largest absolute Gasteiger partial charge is 0.341 e. The Kier molecular flexibility index (Phi) is 5.45. The van der Waals surface area contributed by atoms with Gasteiger partial charge in [-0.2, -0.15) is 0 Å². The third-order valence-corrected chi connectivity index (χ3v) is 6.00. The van der Waals surface area contributed by atoms with Crippen LogP contribution in [0.3, 0.4) is 0 Å². The van der Waals surface area contributed by atoms with E-state index in [1.54, 1.807) is 6.33 Å². The number of likely N-dealkylation sites (tertiary alicyclic amines) is 1. The minimum Gasteiger partial charge on any atom is -0.341 e. The number of hydrogen-bond acceptors (Lipinski definition) is 4. The summed E-state index contributed by atoms with van der Waals surface area (Å²) in [6.45, 7) is 1.65. The van der Waals surface area contributed by atoms with Gasteiger partial charge in [0, 0.05) is 18.1 Å². The number of benzene rings is 2. The molecule has 0 bridgehead atoms. The molecule has 0 radical (unpaired) electrons. The molecule has 1 saturated heterocycles. The quantitative estimate of drug-likeness (QED) is 0.598. The van der Waals surface area contributed by atoms with Gasteiger partial charge in [0.05, 0.1) is 5.69 Å². The number of hydrogen-bond donors (Lipinski definition) is 0. The molecule has 0 saturated carbocycles. The molecular formula is C20H19ClN4OS. The number of rotatable bonds is 5. The third kappa shape index (κ3) is 4.01. The monoisotopic (exact) mass is 398 g/mol. The van der Waals surface area contributed by atoms with Crippen molar-refractivity contribution in [3.8, 4) is 5.69 Å². The fourth-order valence-electron chi connectivity index (χ4n) is 3.21. The molecule has 7 heteroatoms. The first-order chi connectivity index (χ1) is 13.2. The van der Waals surface area contributed by atoms with Crippen LogP contribution in [-0.4, -0.2) is 38.7 Å². The molecule has 138 valence electrons. The van der Waals surface area contributed by atoms with Crippen LogP contribution < -0.4 is 0 Å². The summed E-state index contributed by atoms with van der Waals surface area (Å²) in [7, 11) is 0. The van der Waals surface area contributed by atoms with E-state index < -0.39 is 0 Å². The van der Waals surface area contributed by atoms with Crippen LogP contribution in [0.25, 0.3) is 5.69 Å². The zero-order valence-electron chi connectivity index (χ0n) is 14.7. The van der Waals surface area contributed by atoms with Gasteiger partial charge in [-0.05, 0) is 36.6 Å². The molecule has 5 nitrogen and oxygen atoms in total. The molecule has 1 atom stereocenters. The van der Waals surface area contributed by atoms with Crippen molar-refractivity contribution >= 4 is 29.3 Å². The van der Waals surface area contributed by atoms with Gasteiger partial charge in [0.15, 0.2) is 5.16 Å². The van der Waals surface area contributed by atoms with Crippen molar-refractivity contribution in [1.82, 2.24) is 19.7 Å². The molecule has 3 aromatic rings. The summed E-state index contributed by atoms with van der Waals surface area (Å²) in [5.74, 6) is 0.129. The highest BCUT2D eigenvalue weighted by Crippen LogP contribution is 2.37. The van der Waals surface area contributed by atoms with E-state index >= 15 is 0 Å². The third-order valence-electron chi connectivity index (χ3n) is 4.57. The van der Waals surface area contributed by atoms with Gasteiger partial charge in [0.2, 0.25) is 5.91 Å². The highest BCUT2D eigenvalue weighted by Gasteiger charge is 2.30. The highest BCUT2D eigenvalue weighted by molar-refractivity contribution is 8.00. The maximum absolute atomic E-state index is 13.2. The minimum atomic E-state index is -0.355. The SMILES string of the molecule is O=C([C@@H](Sc1nncn1-c1cccc(Cl)c1)c1ccccc1)N1CCCC1. The van der Waals surface area contributed by atoms with Crippen LogP contribution in [0.15, 0.2) is 66.1 Å². The van der Waals surface area contributed by atoms with Gasteiger partial charge < -0.3 is 4.90 Å². The molecule has 27 heavy (non-hydrogen) atoms. The number of halogens is 1. The molecule has 1 fully saturated rings. The van der Waals surface area contributed by atoms with Crippen LogP contribution in [0, 0.1) is 0 Å². The number of amides is 1. The Morgan fingerprint density at radius 3 is 2.59 bits per heavy atom. The van der Waals surface area contributed by atoms with Crippen molar-refractivity contribution in [3.63, 3.8) is 0 Å². The Balaban J connectivity index is 1.67. The van der Waals surface area contributed by atoms with Crippen LogP contribution in [0.5, 0.6) is 0 Å². The Morgan fingerprint density at radius 1 is 1.07 bits per heavy atom. The molecule has 1 amide bonds. The smallest absolute Gasteiger partial charge is 0.240 e. The molecule has 4 rings (SSSR count). The Labute approximate surface area is 167 Å². The van der Waals surface area contributed by atoms with Gasteiger partial charge in [-0.1, -0.05) is 59.8 Å². The molecular weight excluding hydrogens is 380 g/mol. The second-order valence-electron chi connectivity index (χ2n) is 6.40. The summed E-state index contributed by atoms with van der Waals surface area (Å²) in [4.78, 5) is 15.1. The predicted octanol–water partition coefficient (Wildman–Crippen LogP) is 4.38. The topological polar surface area (TPSA) is 51.0 Å². The van der Waals surface area contributed by atoms with Crippen molar-refractivity contribution < 1.29 is 4.79 Å².